The lowest BCUT2D eigenvalue weighted by Crippen LogP contribution is -2.45. The normalized spacial score (nSPS) is 15.1. The first-order chi connectivity index (χ1) is 14.2. The number of rotatable bonds is 9. The van der Waals surface area contributed by atoms with Crippen LogP contribution < -0.4 is 15.4 Å². The number of likely N-dealkylation sites (N-methyl/N-ethyl adjacent to an activating group) is 1. The second-order valence-corrected chi connectivity index (χ2v) is 7.24. The average molecular weight is 398 g/mol. The Morgan fingerprint density at radius 3 is 2.62 bits per heavy atom. The van der Waals surface area contributed by atoms with Gasteiger partial charge >= 0.3 is 0 Å². The number of anilines is 2. The van der Waals surface area contributed by atoms with E-state index in [-0.39, 0.29) is 5.91 Å². The van der Waals surface area contributed by atoms with Gasteiger partial charge in [0, 0.05) is 44.6 Å². The summed E-state index contributed by atoms with van der Waals surface area (Å²) in [7, 11) is 2.16. The Hall–Kier alpha value is -2.64. The van der Waals surface area contributed by atoms with Crippen LogP contribution in [-0.2, 0) is 0 Å². The van der Waals surface area contributed by atoms with Crippen LogP contribution in [0.25, 0.3) is 0 Å². The fraction of sp³-hybridized carbons (Fsp3) is 0.455. The minimum Gasteiger partial charge on any atom is -0.494 e. The highest BCUT2D eigenvalue weighted by molar-refractivity contribution is 5.99. The van der Waals surface area contributed by atoms with Crippen molar-refractivity contribution >= 4 is 17.4 Å². The summed E-state index contributed by atoms with van der Waals surface area (Å²) < 4.78 is 5.46. The number of nitrogens with one attached hydrogen (secondary N) is 2. The third-order valence-corrected chi connectivity index (χ3v) is 5.01. The molecule has 7 nitrogen and oxygen atoms in total. The van der Waals surface area contributed by atoms with E-state index in [0.29, 0.717) is 24.5 Å². The number of pyridine rings is 1. The molecule has 1 aromatic carbocycles. The molecule has 1 amide bonds. The molecule has 1 fully saturated rings. The van der Waals surface area contributed by atoms with Gasteiger partial charge in [0.25, 0.3) is 5.91 Å². The van der Waals surface area contributed by atoms with Gasteiger partial charge in [-0.2, -0.15) is 0 Å². The lowest BCUT2D eigenvalue weighted by Gasteiger charge is -2.32. The molecule has 1 aliphatic rings. The molecule has 0 spiro atoms. The summed E-state index contributed by atoms with van der Waals surface area (Å²) in [6.45, 7) is 8.68. The summed E-state index contributed by atoms with van der Waals surface area (Å²) >= 11 is 0. The fourth-order valence-electron chi connectivity index (χ4n) is 3.30. The number of aromatic nitrogens is 1. The third-order valence-electron chi connectivity index (χ3n) is 5.01. The van der Waals surface area contributed by atoms with Crippen molar-refractivity contribution in [3.63, 3.8) is 0 Å². The SMILES string of the molecule is CCOc1ccc(Nc2ncccc2C(=O)NCCCN2CCN(C)CC2)cc1. The van der Waals surface area contributed by atoms with E-state index in [9.17, 15) is 4.79 Å². The Morgan fingerprint density at radius 2 is 1.90 bits per heavy atom. The van der Waals surface area contributed by atoms with Gasteiger partial charge in [0.15, 0.2) is 0 Å². The van der Waals surface area contributed by atoms with E-state index in [1.807, 2.05) is 31.2 Å². The zero-order chi connectivity index (χ0) is 20.5. The van der Waals surface area contributed by atoms with Gasteiger partial charge in [-0.05, 0) is 63.3 Å². The summed E-state index contributed by atoms with van der Waals surface area (Å²) in [5.41, 5.74) is 1.40. The highest BCUT2D eigenvalue weighted by atomic mass is 16.5. The van der Waals surface area contributed by atoms with Gasteiger partial charge < -0.3 is 25.2 Å². The average Bonchev–Trinajstić information content (AvgIpc) is 2.74. The van der Waals surface area contributed by atoms with E-state index in [1.54, 1.807) is 18.3 Å². The Kier molecular flexibility index (Phi) is 7.84. The molecular weight excluding hydrogens is 366 g/mol. The zero-order valence-corrected chi connectivity index (χ0v) is 17.4. The van der Waals surface area contributed by atoms with Crippen LogP contribution in [0, 0.1) is 0 Å². The van der Waals surface area contributed by atoms with Gasteiger partial charge in [0.1, 0.15) is 11.6 Å². The predicted octanol–water partition coefficient (Wildman–Crippen LogP) is 2.59. The van der Waals surface area contributed by atoms with Crippen molar-refractivity contribution in [3.8, 4) is 5.75 Å². The maximum Gasteiger partial charge on any atom is 0.255 e. The molecule has 0 bridgehead atoms. The standard InChI is InChI=1S/C22H31N5O2/c1-3-29-19-9-7-18(8-10-19)25-21-20(6-4-11-23-21)22(28)24-12-5-13-27-16-14-26(2)15-17-27/h4,6-11H,3,5,12-17H2,1-2H3,(H,23,25)(H,24,28). The van der Waals surface area contributed by atoms with E-state index in [2.05, 4.69) is 32.5 Å². The lowest BCUT2D eigenvalue weighted by atomic mass is 10.2. The van der Waals surface area contributed by atoms with Gasteiger partial charge in [0.2, 0.25) is 0 Å². The molecule has 0 unspecified atom stereocenters. The number of carbonyl (C=O) groups excluding carboxylic acids is 1. The van der Waals surface area contributed by atoms with Crippen LogP contribution in [-0.4, -0.2) is 73.6 Å². The molecule has 1 saturated heterocycles. The summed E-state index contributed by atoms with van der Waals surface area (Å²) in [6.07, 6.45) is 2.62. The van der Waals surface area contributed by atoms with Crippen LogP contribution >= 0.6 is 0 Å². The summed E-state index contributed by atoms with van der Waals surface area (Å²) in [4.78, 5) is 21.8. The molecule has 0 aliphatic carbocycles. The number of hydrogen-bond donors (Lipinski definition) is 2. The van der Waals surface area contributed by atoms with Crippen LogP contribution in [0.3, 0.4) is 0 Å². The fourth-order valence-corrected chi connectivity index (χ4v) is 3.30. The summed E-state index contributed by atoms with van der Waals surface area (Å²) in [5.74, 6) is 1.26. The minimum absolute atomic E-state index is 0.107. The van der Waals surface area contributed by atoms with Crippen molar-refractivity contribution < 1.29 is 9.53 Å². The molecule has 2 aromatic rings. The molecule has 0 atom stereocenters. The number of amides is 1. The van der Waals surface area contributed by atoms with Crippen LogP contribution in [0.2, 0.25) is 0 Å². The highest BCUT2D eigenvalue weighted by Crippen LogP contribution is 2.21. The Bertz CT molecular complexity index is 773. The predicted molar refractivity (Wildman–Crippen MR) is 116 cm³/mol. The van der Waals surface area contributed by atoms with Gasteiger partial charge in [0.05, 0.1) is 12.2 Å². The van der Waals surface area contributed by atoms with Crippen molar-refractivity contribution in [2.45, 2.75) is 13.3 Å². The molecule has 7 heteroatoms. The third kappa shape index (κ3) is 6.44. The van der Waals surface area contributed by atoms with E-state index in [1.165, 1.54) is 0 Å². The summed E-state index contributed by atoms with van der Waals surface area (Å²) in [5, 5.41) is 6.25. The summed E-state index contributed by atoms with van der Waals surface area (Å²) in [6, 6.07) is 11.2. The minimum atomic E-state index is -0.107. The molecule has 0 saturated carbocycles. The molecule has 3 rings (SSSR count). The van der Waals surface area contributed by atoms with E-state index in [4.69, 9.17) is 4.74 Å². The van der Waals surface area contributed by atoms with Crippen LogP contribution in [0.5, 0.6) is 5.75 Å². The molecule has 2 N–H and O–H groups in total. The van der Waals surface area contributed by atoms with Gasteiger partial charge in [-0.25, -0.2) is 4.98 Å². The van der Waals surface area contributed by atoms with Gasteiger partial charge in [-0.15, -0.1) is 0 Å². The quantitative estimate of drug-likeness (QED) is 0.634. The van der Waals surface area contributed by atoms with Crippen molar-refractivity contribution in [1.82, 2.24) is 20.1 Å². The van der Waals surface area contributed by atoms with E-state index in [0.717, 1.165) is 50.6 Å². The monoisotopic (exact) mass is 397 g/mol. The number of hydrogen-bond acceptors (Lipinski definition) is 6. The molecule has 1 aromatic heterocycles. The molecule has 156 valence electrons. The van der Waals surface area contributed by atoms with Crippen molar-refractivity contribution in [2.24, 2.45) is 0 Å². The highest BCUT2D eigenvalue weighted by Gasteiger charge is 2.14. The topological polar surface area (TPSA) is 69.7 Å². The Labute approximate surface area is 173 Å². The number of piperazine rings is 1. The lowest BCUT2D eigenvalue weighted by molar-refractivity contribution is 0.0950. The number of nitrogens with zero attached hydrogens (tertiary/aromatic N) is 3. The number of carbonyl (C=O) groups is 1. The molecule has 29 heavy (non-hydrogen) atoms. The second kappa shape index (κ2) is 10.8. The van der Waals surface area contributed by atoms with Crippen molar-refractivity contribution in [2.75, 3.05) is 58.2 Å². The molecule has 2 heterocycles. The Morgan fingerprint density at radius 1 is 1.14 bits per heavy atom. The molecular formula is C22H31N5O2. The largest absolute Gasteiger partial charge is 0.494 e. The maximum absolute atomic E-state index is 12.7. The van der Waals surface area contributed by atoms with E-state index < -0.39 is 0 Å². The van der Waals surface area contributed by atoms with Crippen molar-refractivity contribution in [3.05, 3.63) is 48.2 Å². The number of benzene rings is 1. The first-order valence-corrected chi connectivity index (χ1v) is 10.3. The Balaban J connectivity index is 1.50. The van der Waals surface area contributed by atoms with Crippen LogP contribution in [0.4, 0.5) is 11.5 Å². The first-order valence-electron chi connectivity index (χ1n) is 10.3. The second-order valence-electron chi connectivity index (χ2n) is 7.24. The van der Waals surface area contributed by atoms with Crippen molar-refractivity contribution in [1.29, 1.82) is 0 Å². The zero-order valence-electron chi connectivity index (χ0n) is 17.4. The molecule has 0 radical (unpaired) electrons. The maximum atomic E-state index is 12.7. The van der Waals surface area contributed by atoms with E-state index >= 15 is 0 Å². The smallest absolute Gasteiger partial charge is 0.255 e. The molecule has 1 aliphatic heterocycles. The van der Waals surface area contributed by atoms with Gasteiger partial charge in [-0.1, -0.05) is 0 Å². The number of ether oxygens (including phenoxy) is 1. The van der Waals surface area contributed by atoms with Crippen LogP contribution in [0.15, 0.2) is 42.6 Å². The first kappa shape index (κ1) is 21.1. The van der Waals surface area contributed by atoms with Gasteiger partial charge in [-0.3, -0.25) is 4.79 Å². The van der Waals surface area contributed by atoms with Crippen LogP contribution in [0.1, 0.15) is 23.7 Å².